The van der Waals surface area contributed by atoms with E-state index in [1.807, 2.05) is 24.8 Å². The third-order valence-electron chi connectivity index (χ3n) is 2.03. The van der Waals surface area contributed by atoms with Gasteiger partial charge < -0.3 is 4.90 Å². The van der Waals surface area contributed by atoms with Gasteiger partial charge in [-0.3, -0.25) is 9.69 Å². The Kier molecular flexibility index (Phi) is 5.09. The topological polar surface area (TPSA) is 47.3 Å². The maximum absolute atomic E-state index is 11.5. The summed E-state index contributed by atoms with van der Waals surface area (Å²) in [6, 6.07) is 1.84. The highest BCUT2D eigenvalue weighted by Gasteiger charge is 2.20. The van der Waals surface area contributed by atoms with Gasteiger partial charge in [-0.05, 0) is 13.5 Å². The van der Waals surface area contributed by atoms with Gasteiger partial charge in [-0.1, -0.05) is 6.92 Å². The van der Waals surface area contributed by atoms with Gasteiger partial charge in [0.2, 0.25) is 5.91 Å². The van der Waals surface area contributed by atoms with E-state index in [0.717, 1.165) is 0 Å². The van der Waals surface area contributed by atoms with Crippen LogP contribution < -0.4 is 0 Å². The highest BCUT2D eigenvalue weighted by atomic mass is 16.2. The van der Waals surface area contributed by atoms with E-state index < -0.39 is 0 Å². The molecule has 0 N–H and O–H groups in total. The van der Waals surface area contributed by atoms with Crippen LogP contribution >= 0.6 is 0 Å². The van der Waals surface area contributed by atoms with E-state index in [9.17, 15) is 4.79 Å². The molecule has 4 heteroatoms. The summed E-state index contributed by atoms with van der Waals surface area (Å²) in [5.41, 5.74) is 0. The summed E-state index contributed by atoms with van der Waals surface area (Å²) in [5.74, 6) is 0.0390. The average molecular weight is 183 g/mol. The van der Waals surface area contributed by atoms with E-state index in [1.54, 1.807) is 19.0 Å². The molecular formula is C9H17N3O. The molecule has 0 bridgehead atoms. The fourth-order valence-electron chi connectivity index (χ4n) is 1.14. The van der Waals surface area contributed by atoms with Crippen molar-refractivity contribution >= 4 is 5.91 Å². The zero-order valence-corrected chi connectivity index (χ0v) is 8.74. The molecule has 1 amide bonds. The maximum Gasteiger partial charge on any atom is 0.239 e. The fourth-order valence-corrected chi connectivity index (χ4v) is 1.14. The molecule has 0 aliphatic carbocycles. The number of rotatable bonds is 4. The van der Waals surface area contributed by atoms with Crippen LogP contribution in [-0.4, -0.2) is 48.9 Å². The highest BCUT2D eigenvalue weighted by Crippen LogP contribution is 2.00. The third kappa shape index (κ3) is 3.43. The molecule has 0 spiro atoms. The number of hydrogen-bond donors (Lipinski definition) is 0. The van der Waals surface area contributed by atoms with Crippen molar-refractivity contribution in [1.29, 1.82) is 5.26 Å². The zero-order chi connectivity index (χ0) is 10.4. The van der Waals surface area contributed by atoms with E-state index >= 15 is 0 Å². The van der Waals surface area contributed by atoms with Crippen molar-refractivity contribution in [3.05, 3.63) is 0 Å². The van der Waals surface area contributed by atoms with Crippen molar-refractivity contribution in [3.63, 3.8) is 0 Å². The first-order chi connectivity index (χ1) is 6.04. The van der Waals surface area contributed by atoms with Crippen LogP contribution in [0.25, 0.3) is 0 Å². The number of hydrogen-bond acceptors (Lipinski definition) is 3. The molecule has 0 aromatic rings. The normalized spacial score (nSPS) is 12.3. The second-order valence-electron chi connectivity index (χ2n) is 3.13. The minimum atomic E-state index is -0.209. The number of carbonyl (C=O) groups is 1. The Morgan fingerprint density at radius 2 is 2.08 bits per heavy atom. The predicted octanol–water partition coefficient (Wildman–Crippen LogP) is 0.309. The summed E-state index contributed by atoms with van der Waals surface area (Å²) in [5, 5.41) is 8.52. The lowest BCUT2D eigenvalue weighted by Crippen LogP contribution is -2.44. The van der Waals surface area contributed by atoms with Crippen molar-refractivity contribution < 1.29 is 4.79 Å². The molecule has 0 saturated carbocycles. The van der Waals surface area contributed by atoms with Crippen molar-refractivity contribution in [2.75, 3.05) is 27.2 Å². The first-order valence-electron chi connectivity index (χ1n) is 4.36. The van der Waals surface area contributed by atoms with Crippen molar-refractivity contribution in [3.8, 4) is 6.07 Å². The molecule has 0 aliphatic heterocycles. The molecule has 0 aliphatic rings. The summed E-state index contributed by atoms with van der Waals surface area (Å²) >= 11 is 0. The molecule has 0 fully saturated rings. The van der Waals surface area contributed by atoms with Crippen LogP contribution in [-0.2, 0) is 4.79 Å². The van der Waals surface area contributed by atoms with E-state index in [1.165, 1.54) is 0 Å². The van der Waals surface area contributed by atoms with Gasteiger partial charge in [-0.15, -0.1) is 0 Å². The monoisotopic (exact) mass is 183 g/mol. The van der Waals surface area contributed by atoms with Crippen LogP contribution in [0.4, 0.5) is 0 Å². The van der Waals surface area contributed by atoms with Gasteiger partial charge in [-0.25, -0.2) is 0 Å². The van der Waals surface area contributed by atoms with E-state index in [0.29, 0.717) is 13.1 Å². The van der Waals surface area contributed by atoms with Gasteiger partial charge in [0.1, 0.15) is 0 Å². The summed E-state index contributed by atoms with van der Waals surface area (Å²) in [4.78, 5) is 14.9. The smallest absolute Gasteiger partial charge is 0.239 e. The number of carbonyl (C=O) groups excluding carboxylic acids is 1. The first-order valence-corrected chi connectivity index (χ1v) is 4.36. The van der Waals surface area contributed by atoms with Crippen molar-refractivity contribution in [1.82, 2.24) is 9.80 Å². The SMILES string of the molecule is CCN(CC#N)C(C)C(=O)N(C)C. The van der Waals surface area contributed by atoms with Crippen LogP contribution in [0.1, 0.15) is 13.8 Å². The molecule has 0 radical (unpaired) electrons. The number of amides is 1. The van der Waals surface area contributed by atoms with Crippen molar-refractivity contribution in [2.24, 2.45) is 0 Å². The lowest BCUT2D eigenvalue weighted by atomic mass is 10.2. The van der Waals surface area contributed by atoms with Crippen molar-refractivity contribution in [2.45, 2.75) is 19.9 Å². The minimum absolute atomic E-state index is 0.0390. The fraction of sp³-hybridized carbons (Fsp3) is 0.778. The molecule has 74 valence electrons. The molecular weight excluding hydrogens is 166 g/mol. The standard InChI is InChI=1S/C9H17N3O/c1-5-12(7-6-10)8(2)9(13)11(3)4/h8H,5,7H2,1-4H3. The molecule has 1 atom stereocenters. The van der Waals surface area contributed by atoms with Gasteiger partial charge in [0.05, 0.1) is 18.7 Å². The Labute approximate surface area is 79.7 Å². The third-order valence-corrected chi connectivity index (χ3v) is 2.03. The van der Waals surface area contributed by atoms with Gasteiger partial charge in [0, 0.05) is 14.1 Å². The van der Waals surface area contributed by atoms with Crippen LogP contribution in [0, 0.1) is 11.3 Å². The number of nitrogens with zero attached hydrogens (tertiary/aromatic N) is 3. The summed E-state index contributed by atoms with van der Waals surface area (Å²) in [7, 11) is 3.44. The Morgan fingerprint density at radius 1 is 1.54 bits per heavy atom. The Morgan fingerprint density at radius 3 is 2.38 bits per heavy atom. The molecule has 4 nitrogen and oxygen atoms in total. The lowest BCUT2D eigenvalue weighted by molar-refractivity contribution is -0.133. The van der Waals surface area contributed by atoms with Crippen LogP contribution in [0.15, 0.2) is 0 Å². The number of nitriles is 1. The molecule has 0 aromatic heterocycles. The molecule has 0 rings (SSSR count). The minimum Gasteiger partial charge on any atom is -0.347 e. The highest BCUT2D eigenvalue weighted by molar-refractivity contribution is 5.80. The van der Waals surface area contributed by atoms with Gasteiger partial charge in [0.15, 0.2) is 0 Å². The van der Waals surface area contributed by atoms with Gasteiger partial charge >= 0.3 is 0 Å². The first kappa shape index (κ1) is 11.9. The van der Waals surface area contributed by atoms with E-state index in [-0.39, 0.29) is 11.9 Å². The van der Waals surface area contributed by atoms with Crippen LogP contribution in [0.2, 0.25) is 0 Å². The largest absolute Gasteiger partial charge is 0.347 e. The second-order valence-corrected chi connectivity index (χ2v) is 3.13. The Hall–Kier alpha value is -1.08. The van der Waals surface area contributed by atoms with E-state index in [4.69, 9.17) is 5.26 Å². The lowest BCUT2D eigenvalue weighted by Gasteiger charge is -2.26. The number of likely N-dealkylation sites (N-methyl/N-ethyl adjacent to an activating group) is 2. The quantitative estimate of drug-likeness (QED) is 0.589. The molecule has 13 heavy (non-hydrogen) atoms. The molecule has 0 aromatic carbocycles. The van der Waals surface area contributed by atoms with Crippen LogP contribution in [0.5, 0.6) is 0 Å². The molecule has 0 heterocycles. The summed E-state index contributed by atoms with van der Waals surface area (Å²) in [6.07, 6.45) is 0. The summed E-state index contributed by atoms with van der Waals surface area (Å²) < 4.78 is 0. The predicted molar refractivity (Wildman–Crippen MR) is 51.0 cm³/mol. The summed E-state index contributed by atoms with van der Waals surface area (Å²) in [6.45, 7) is 4.78. The Balaban J connectivity index is 4.29. The van der Waals surface area contributed by atoms with E-state index in [2.05, 4.69) is 0 Å². The Bertz CT molecular complexity index is 207. The van der Waals surface area contributed by atoms with Gasteiger partial charge in [-0.2, -0.15) is 5.26 Å². The second kappa shape index (κ2) is 5.55. The van der Waals surface area contributed by atoms with Gasteiger partial charge in [0.25, 0.3) is 0 Å². The zero-order valence-electron chi connectivity index (χ0n) is 8.74. The maximum atomic E-state index is 11.5. The average Bonchev–Trinajstić information content (AvgIpc) is 2.11. The van der Waals surface area contributed by atoms with Crippen LogP contribution in [0.3, 0.4) is 0 Å². The molecule has 1 unspecified atom stereocenters. The molecule has 0 saturated heterocycles.